The fourth-order valence-corrected chi connectivity index (χ4v) is 1.78. The molecule has 0 aliphatic heterocycles. The summed E-state index contributed by atoms with van der Waals surface area (Å²) in [4.78, 5) is 0.545. The molecule has 1 atom stereocenters. The number of nitrogens with two attached hydrogens (primary N) is 1. The van der Waals surface area contributed by atoms with Gasteiger partial charge in [0, 0.05) is 10.5 Å². The van der Waals surface area contributed by atoms with E-state index in [4.69, 9.17) is 5.73 Å². The lowest BCUT2D eigenvalue weighted by atomic mass is 10.1. The summed E-state index contributed by atoms with van der Waals surface area (Å²) in [5.41, 5.74) is 6.55. The standard InChI is InChI=1S/C13H15F2NS/c1-2-3-11(16)7-4-10-5-8-12(9-6-10)17-13(14)15/h5-6,8-9,11,13H,2-3,16H2,1H3. The molecular weight excluding hydrogens is 240 g/mol. The van der Waals surface area contributed by atoms with Crippen molar-refractivity contribution in [2.24, 2.45) is 5.73 Å². The van der Waals surface area contributed by atoms with E-state index in [1.54, 1.807) is 24.3 Å². The third kappa shape index (κ3) is 5.71. The molecule has 0 aliphatic rings. The van der Waals surface area contributed by atoms with Gasteiger partial charge in [0.2, 0.25) is 0 Å². The Kier molecular flexibility index (Phi) is 6.03. The lowest BCUT2D eigenvalue weighted by Crippen LogP contribution is -2.16. The van der Waals surface area contributed by atoms with Crippen LogP contribution >= 0.6 is 11.8 Å². The van der Waals surface area contributed by atoms with Crippen molar-refractivity contribution in [3.05, 3.63) is 29.8 Å². The van der Waals surface area contributed by atoms with Gasteiger partial charge in [0.1, 0.15) is 0 Å². The van der Waals surface area contributed by atoms with Crippen LogP contribution in [-0.4, -0.2) is 11.8 Å². The highest BCUT2D eigenvalue weighted by Crippen LogP contribution is 2.24. The SMILES string of the molecule is CCCC(N)C#Cc1ccc(SC(F)F)cc1. The van der Waals surface area contributed by atoms with E-state index in [0.29, 0.717) is 16.7 Å². The molecule has 0 saturated heterocycles. The van der Waals surface area contributed by atoms with Crippen LogP contribution in [0.4, 0.5) is 8.78 Å². The monoisotopic (exact) mass is 255 g/mol. The number of alkyl halides is 2. The smallest absolute Gasteiger partial charge is 0.288 e. The van der Waals surface area contributed by atoms with Crippen LogP contribution in [0.5, 0.6) is 0 Å². The molecule has 0 amide bonds. The van der Waals surface area contributed by atoms with E-state index < -0.39 is 5.76 Å². The predicted octanol–water partition coefficient (Wildman–Crippen LogP) is 3.48. The van der Waals surface area contributed by atoms with Crippen molar-refractivity contribution in [2.45, 2.75) is 36.5 Å². The minimum atomic E-state index is -2.38. The van der Waals surface area contributed by atoms with E-state index in [1.807, 2.05) is 0 Å². The van der Waals surface area contributed by atoms with Crippen molar-refractivity contribution >= 4 is 11.8 Å². The Labute approximate surface area is 105 Å². The Morgan fingerprint density at radius 3 is 2.47 bits per heavy atom. The highest BCUT2D eigenvalue weighted by molar-refractivity contribution is 7.99. The van der Waals surface area contributed by atoms with E-state index in [9.17, 15) is 8.78 Å². The minimum absolute atomic E-state index is 0.116. The summed E-state index contributed by atoms with van der Waals surface area (Å²) in [5, 5.41) is 0. The van der Waals surface area contributed by atoms with Crippen molar-refractivity contribution in [2.75, 3.05) is 0 Å². The first kappa shape index (κ1) is 14.0. The Bertz CT molecular complexity index is 392. The number of thioether (sulfide) groups is 1. The average molecular weight is 255 g/mol. The molecule has 0 spiro atoms. The van der Waals surface area contributed by atoms with Gasteiger partial charge in [-0.25, -0.2) is 0 Å². The number of hydrogen-bond acceptors (Lipinski definition) is 2. The Morgan fingerprint density at radius 1 is 1.29 bits per heavy atom. The zero-order chi connectivity index (χ0) is 12.7. The molecule has 1 aromatic carbocycles. The topological polar surface area (TPSA) is 26.0 Å². The van der Waals surface area contributed by atoms with Crippen LogP contribution in [-0.2, 0) is 0 Å². The molecule has 4 heteroatoms. The Balaban J connectivity index is 2.61. The summed E-state index contributed by atoms with van der Waals surface area (Å²) in [7, 11) is 0. The summed E-state index contributed by atoms with van der Waals surface area (Å²) < 4.78 is 24.2. The van der Waals surface area contributed by atoms with Crippen LogP contribution in [0.15, 0.2) is 29.2 Å². The predicted molar refractivity (Wildman–Crippen MR) is 68.1 cm³/mol. The molecule has 0 fully saturated rings. The van der Waals surface area contributed by atoms with Crippen LogP contribution in [0.25, 0.3) is 0 Å². The number of hydrogen-bond donors (Lipinski definition) is 1. The molecule has 0 saturated carbocycles. The maximum Gasteiger partial charge on any atom is 0.288 e. The fourth-order valence-electron chi connectivity index (χ4n) is 1.28. The Morgan fingerprint density at radius 2 is 1.94 bits per heavy atom. The molecule has 1 rings (SSSR count). The van der Waals surface area contributed by atoms with Crippen molar-refractivity contribution in [3.63, 3.8) is 0 Å². The van der Waals surface area contributed by atoms with E-state index in [1.165, 1.54) is 0 Å². The summed E-state index contributed by atoms with van der Waals surface area (Å²) in [5.74, 6) is 3.49. The van der Waals surface area contributed by atoms with Gasteiger partial charge in [-0.15, -0.1) is 0 Å². The molecule has 17 heavy (non-hydrogen) atoms. The molecule has 1 nitrogen and oxygen atoms in total. The number of halogens is 2. The first-order valence-corrected chi connectivity index (χ1v) is 6.31. The molecule has 0 bridgehead atoms. The highest BCUT2D eigenvalue weighted by Gasteiger charge is 2.04. The molecule has 0 aliphatic carbocycles. The third-order valence-electron chi connectivity index (χ3n) is 2.08. The minimum Gasteiger partial charge on any atom is -0.318 e. The number of benzene rings is 1. The molecule has 1 aromatic rings. The van der Waals surface area contributed by atoms with Crippen molar-refractivity contribution in [1.29, 1.82) is 0 Å². The second-order valence-electron chi connectivity index (χ2n) is 3.57. The maximum absolute atomic E-state index is 12.1. The van der Waals surface area contributed by atoms with Gasteiger partial charge in [0.25, 0.3) is 5.76 Å². The van der Waals surface area contributed by atoms with Crippen molar-refractivity contribution < 1.29 is 8.78 Å². The Hall–Kier alpha value is -1.05. The van der Waals surface area contributed by atoms with Crippen LogP contribution in [0.2, 0.25) is 0 Å². The second-order valence-corrected chi connectivity index (χ2v) is 4.63. The first-order valence-electron chi connectivity index (χ1n) is 5.43. The largest absolute Gasteiger partial charge is 0.318 e. The normalized spacial score (nSPS) is 12.1. The molecule has 92 valence electrons. The molecule has 2 N–H and O–H groups in total. The molecular formula is C13H15F2NS. The lowest BCUT2D eigenvalue weighted by molar-refractivity contribution is 0.252. The maximum atomic E-state index is 12.1. The highest BCUT2D eigenvalue weighted by atomic mass is 32.2. The van der Waals surface area contributed by atoms with E-state index >= 15 is 0 Å². The van der Waals surface area contributed by atoms with Gasteiger partial charge >= 0.3 is 0 Å². The summed E-state index contributed by atoms with van der Waals surface area (Å²) in [6, 6.07) is 6.64. The van der Waals surface area contributed by atoms with Gasteiger partial charge in [0.05, 0.1) is 6.04 Å². The summed E-state index contributed by atoms with van der Waals surface area (Å²) in [6.45, 7) is 2.05. The van der Waals surface area contributed by atoms with Gasteiger partial charge in [-0.3, -0.25) is 0 Å². The van der Waals surface area contributed by atoms with Gasteiger partial charge in [-0.2, -0.15) is 8.78 Å². The van der Waals surface area contributed by atoms with Crippen molar-refractivity contribution in [1.82, 2.24) is 0 Å². The zero-order valence-corrected chi connectivity index (χ0v) is 10.4. The average Bonchev–Trinajstić information content (AvgIpc) is 2.28. The van der Waals surface area contributed by atoms with Crippen LogP contribution in [0.1, 0.15) is 25.3 Å². The third-order valence-corrected chi connectivity index (χ3v) is 2.80. The van der Waals surface area contributed by atoms with Gasteiger partial charge in [-0.05, 0) is 30.7 Å². The van der Waals surface area contributed by atoms with Gasteiger partial charge in [0.15, 0.2) is 0 Å². The molecule has 0 aromatic heterocycles. The summed E-state index contributed by atoms with van der Waals surface area (Å²) >= 11 is 0.533. The quantitative estimate of drug-likeness (QED) is 0.658. The molecule has 1 unspecified atom stereocenters. The zero-order valence-electron chi connectivity index (χ0n) is 9.62. The second kappa shape index (κ2) is 7.31. The van der Waals surface area contributed by atoms with Gasteiger partial charge in [-0.1, -0.05) is 36.9 Å². The van der Waals surface area contributed by atoms with Crippen molar-refractivity contribution in [3.8, 4) is 11.8 Å². The van der Waals surface area contributed by atoms with Crippen LogP contribution in [0.3, 0.4) is 0 Å². The molecule has 0 radical (unpaired) electrons. The summed E-state index contributed by atoms with van der Waals surface area (Å²) in [6.07, 6.45) is 1.87. The molecule has 0 heterocycles. The van der Waals surface area contributed by atoms with E-state index in [2.05, 4.69) is 18.8 Å². The fraction of sp³-hybridized carbons (Fsp3) is 0.385. The van der Waals surface area contributed by atoms with E-state index in [0.717, 1.165) is 18.4 Å². The lowest BCUT2D eigenvalue weighted by Gasteiger charge is -2.00. The first-order chi connectivity index (χ1) is 8.11. The number of rotatable bonds is 4. The van der Waals surface area contributed by atoms with Crippen LogP contribution < -0.4 is 5.73 Å². The van der Waals surface area contributed by atoms with Gasteiger partial charge < -0.3 is 5.73 Å². The van der Waals surface area contributed by atoms with E-state index in [-0.39, 0.29) is 6.04 Å². The van der Waals surface area contributed by atoms with Crippen LogP contribution in [0, 0.1) is 11.8 Å².